The van der Waals surface area contributed by atoms with Crippen LogP contribution in [-0.2, 0) is 12.8 Å². The molecule has 0 fully saturated rings. The molecule has 2 N–H and O–H groups in total. The van der Waals surface area contributed by atoms with E-state index in [2.05, 4.69) is 48.5 Å². The molecule has 0 bridgehead atoms. The Kier molecular flexibility index (Phi) is 6.47. The maximum Gasteiger partial charge on any atom is 0.0471 e. The maximum absolute atomic E-state index is 8.88. The second-order valence-electron chi connectivity index (χ2n) is 4.40. The molecule has 0 atom stereocenters. The van der Waals surface area contributed by atoms with Gasteiger partial charge in [-0.3, -0.25) is 0 Å². The van der Waals surface area contributed by atoms with Crippen LogP contribution in [0.15, 0.2) is 58.3 Å². The van der Waals surface area contributed by atoms with E-state index in [1.54, 1.807) is 21.6 Å². The molecule has 2 aromatic rings. The zero-order chi connectivity index (χ0) is 14.2. The Labute approximate surface area is 127 Å². The maximum atomic E-state index is 8.88. The minimum atomic E-state index is 0.196. The molecular weight excluding hydrogens is 288 g/mol. The normalized spacial score (nSPS) is 10.7. The van der Waals surface area contributed by atoms with Crippen LogP contribution < -0.4 is 0 Å². The number of hydrogen-bond donors (Lipinski definition) is 2. The van der Waals surface area contributed by atoms with Gasteiger partial charge >= 0.3 is 0 Å². The summed E-state index contributed by atoms with van der Waals surface area (Å²) in [4.78, 5) is 2.41. The van der Waals surface area contributed by atoms with Crippen molar-refractivity contribution in [3.8, 4) is 0 Å². The first kappa shape index (κ1) is 15.4. The molecule has 0 spiro atoms. The van der Waals surface area contributed by atoms with Gasteiger partial charge in [0.25, 0.3) is 0 Å². The zero-order valence-electron chi connectivity index (χ0n) is 11.2. The lowest BCUT2D eigenvalue weighted by Gasteiger charge is -2.04. The molecule has 0 saturated carbocycles. The molecule has 0 unspecified atom stereocenters. The third kappa shape index (κ3) is 4.87. The highest BCUT2D eigenvalue weighted by Crippen LogP contribution is 2.37. The average Bonchev–Trinajstić information content (AvgIpc) is 2.49. The number of aliphatic hydroxyl groups excluding tert-OH is 2. The summed E-state index contributed by atoms with van der Waals surface area (Å²) < 4.78 is 0. The molecule has 2 nitrogen and oxygen atoms in total. The van der Waals surface area contributed by atoms with Crippen molar-refractivity contribution in [3.05, 3.63) is 59.7 Å². The highest BCUT2D eigenvalue weighted by atomic mass is 33.1. The van der Waals surface area contributed by atoms with Gasteiger partial charge in [0.2, 0.25) is 0 Å². The summed E-state index contributed by atoms with van der Waals surface area (Å²) in [5.74, 6) is 0. The smallest absolute Gasteiger partial charge is 0.0471 e. The van der Waals surface area contributed by atoms with Crippen molar-refractivity contribution in [1.29, 1.82) is 0 Å². The fourth-order valence-corrected chi connectivity index (χ4v) is 3.71. The minimum Gasteiger partial charge on any atom is -0.396 e. The lowest BCUT2D eigenvalue weighted by Crippen LogP contribution is -1.89. The first-order valence-corrected chi connectivity index (χ1v) is 8.71. The molecule has 0 aliphatic rings. The van der Waals surface area contributed by atoms with E-state index in [1.165, 1.54) is 9.79 Å². The van der Waals surface area contributed by atoms with Gasteiger partial charge in [-0.1, -0.05) is 45.9 Å². The Bertz CT molecular complexity index is 460. The third-order valence-corrected chi connectivity index (χ3v) is 5.30. The summed E-state index contributed by atoms with van der Waals surface area (Å²) >= 11 is 0. The highest BCUT2D eigenvalue weighted by Gasteiger charge is 1.99. The molecule has 106 valence electrons. The summed E-state index contributed by atoms with van der Waals surface area (Å²) in [5.41, 5.74) is 2.32. The first-order valence-electron chi connectivity index (χ1n) is 6.56. The molecule has 20 heavy (non-hydrogen) atoms. The van der Waals surface area contributed by atoms with Crippen molar-refractivity contribution in [2.24, 2.45) is 0 Å². The second kappa shape index (κ2) is 8.37. The lowest BCUT2D eigenvalue weighted by molar-refractivity contribution is 0.299. The summed E-state index contributed by atoms with van der Waals surface area (Å²) in [6.45, 7) is 0.392. The fourth-order valence-electron chi connectivity index (χ4n) is 1.78. The molecule has 0 saturated heterocycles. The molecule has 0 amide bonds. The molecular formula is C16H18O2S2. The highest BCUT2D eigenvalue weighted by molar-refractivity contribution is 8.76. The van der Waals surface area contributed by atoms with Crippen LogP contribution in [0.3, 0.4) is 0 Å². The van der Waals surface area contributed by atoms with Gasteiger partial charge in [-0.05, 0) is 48.2 Å². The van der Waals surface area contributed by atoms with E-state index in [0.717, 1.165) is 11.1 Å². The van der Waals surface area contributed by atoms with Gasteiger partial charge in [-0.15, -0.1) is 0 Å². The van der Waals surface area contributed by atoms with Crippen LogP contribution in [0.2, 0.25) is 0 Å². The predicted molar refractivity (Wildman–Crippen MR) is 86.2 cm³/mol. The largest absolute Gasteiger partial charge is 0.396 e. The van der Waals surface area contributed by atoms with Crippen molar-refractivity contribution in [3.63, 3.8) is 0 Å². The Morgan fingerprint density at radius 1 is 0.600 bits per heavy atom. The summed E-state index contributed by atoms with van der Waals surface area (Å²) in [7, 11) is 3.45. The van der Waals surface area contributed by atoms with Crippen LogP contribution >= 0.6 is 21.6 Å². The van der Waals surface area contributed by atoms with E-state index < -0.39 is 0 Å². The Balaban J connectivity index is 1.87. The summed E-state index contributed by atoms with van der Waals surface area (Å²) in [6, 6.07) is 16.6. The van der Waals surface area contributed by atoms with Gasteiger partial charge in [-0.25, -0.2) is 0 Å². The predicted octanol–water partition coefficient (Wildman–Crippen LogP) is 3.56. The molecule has 0 heterocycles. The van der Waals surface area contributed by atoms with E-state index in [9.17, 15) is 0 Å². The van der Waals surface area contributed by atoms with Crippen LogP contribution in [0.25, 0.3) is 0 Å². The Morgan fingerprint density at radius 2 is 0.950 bits per heavy atom. The van der Waals surface area contributed by atoms with Gasteiger partial charge in [0.05, 0.1) is 0 Å². The van der Waals surface area contributed by atoms with Crippen molar-refractivity contribution >= 4 is 21.6 Å². The van der Waals surface area contributed by atoms with E-state index in [0.29, 0.717) is 12.8 Å². The van der Waals surface area contributed by atoms with Crippen molar-refractivity contribution in [1.82, 2.24) is 0 Å². The van der Waals surface area contributed by atoms with Gasteiger partial charge in [0.1, 0.15) is 0 Å². The molecule has 2 aromatic carbocycles. The van der Waals surface area contributed by atoms with E-state index >= 15 is 0 Å². The van der Waals surface area contributed by atoms with Crippen molar-refractivity contribution < 1.29 is 10.2 Å². The fraction of sp³-hybridized carbons (Fsp3) is 0.250. The van der Waals surface area contributed by atoms with Gasteiger partial charge in [0, 0.05) is 23.0 Å². The second-order valence-corrected chi connectivity index (χ2v) is 6.68. The van der Waals surface area contributed by atoms with Crippen LogP contribution in [0.1, 0.15) is 11.1 Å². The number of rotatable bonds is 7. The summed E-state index contributed by atoms with van der Waals surface area (Å²) in [6.07, 6.45) is 1.43. The van der Waals surface area contributed by atoms with E-state index in [1.807, 2.05) is 0 Å². The van der Waals surface area contributed by atoms with E-state index in [-0.39, 0.29) is 13.2 Å². The Hall–Kier alpha value is -0.940. The average molecular weight is 306 g/mol. The topological polar surface area (TPSA) is 40.5 Å². The third-order valence-electron chi connectivity index (χ3n) is 2.88. The van der Waals surface area contributed by atoms with Crippen molar-refractivity contribution in [2.75, 3.05) is 13.2 Å². The van der Waals surface area contributed by atoms with Crippen molar-refractivity contribution in [2.45, 2.75) is 22.6 Å². The van der Waals surface area contributed by atoms with E-state index in [4.69, 9.17) is 10.2 Å². The van der Waals surface area contributed by atoms with Gasteiger partial charge in [-0.2, -0.15) is 0 Å². The number of aliphatic hydroxyl groups is 2. The zero-order valence-corrected chi connectivity index (χ0v) is 12.8. The lowest BCUT2D eigenvalue weighted by atomic mass is 10.2. The monoisotopic (exact) mass is 306 g/mol. The molecule has 0 aliphatic heterocycles. The molecule has 0 radical (unpaired) electrons. The standard InChI is InChI=1S/C16H18O2S2/c17-11-9-13-1-5-15(6-2-13)19-20-16-7-3-14(4-8-16)10-12-18/h1-8,17-18H,9-12H2. The Morgan fingerprint density at radius 3 is 1.25 bits per heavy atom. The van der Waals surface area contributed by atoms with Crippen LogP contribution in [0.5, 0.6) is 0 Å². The molecule has 4 heteroatoms. The van der Waals surface area contributed by atoms with Crippen LogP contribution in [0, 0.1) is 0 Å². The quantitative estimate of drug-likeness (QED) is 0.768. The number of benzene rings is 2. The molecule has 0 aliphatic carbocycles. The molecule has 0 aromatic heterocycles. The van der Waals surface area contributed by atoms with Gasteiger partial charge < -0.3 is 10.2 Å². The summed E-state index contributed by atoms with van der Waals surface area (Å²) in [5, 5.41) is 17.8. The first-order chi connectivity index (χ1) is 9.81. The van der Waals surface area contributed by atoms with Crippen LogP contribution in [0.4, 0.5) is 0 Å². The van der Waals surface area contributed by atoms with Crippen LogP contribution in [-0.4, -0.2) is 23.4 Å². The number of hydrogen-bond acceptors (Lipinski definition) is 4. The minimum absolute atomic E-state index is 0.196. The SMILES string of the molecule is OCCc1ccc(SSc2ccc(CCO)cc2)cc1. The van der Waals surface area contributed by atoms with Gasteiger partial charge in [0.15, 0.2) is 0 Å². The molecule has 2 rings (SSSR count).